The van der Waals surface area contributed by atoms with Gasteiger partial charge in [0.05, 0.1) is 11.4 Å². The number of aromatic amines is 1. The lowest BCUT2D eigenvalue weighted by molar-refractivity contribution is 0.616. The van der Waals surface area contributed by atoms with Crippen LogP contribution in [-0.2, 0) is 0 Å². The summed E-state index contributed by atoms with van der Waals surface area (Å²) in [5.41, 5.74) is 6.35. The van der Waals surface area contributed by atoms with Gasteiger partial charge in [0.2, 0.25) is 5.89 Å². The molecule has 5 aromatic rings. The van der Waals surface area contributed by atoms with E-state index in [4.69, 9.17) is 9.40 Å². The summed E-state index contributed by atoms with van der Waals surface area (Å²) in [5, 5.41) is 3.16. The highest BCUT2D eigenvalue weighted by Gasteiger charge is 2.22. The van der Waals surface area contributed by atoms with Gasteiger partial charge in [0.15, 0.2) is 11.2 Å². The number of oxazole rings is 1. The number of hydrogen-bond acceptors (Lipinski definition) is 5. The van der Waals surface area contributed by atoms with Crippen molar-refractivity contribution in [3.63, 3.8) is 0 Å². The van der Waals surface area contributed by atoms with E-state index in [0.717, 1.165) is 22.5 Å². The highest BCUT2D eigenvalue weighted by atomic mass is 16.3. The lowest BCUT2D eigenvalue weighted by Crippen LogP contribution is -2.19. The van der Waals surface area contributed by atoms with Gasteiger partial charge in [-0.2, -0.15) is 0 Å². The summed E-state index contributed by atoms with van der Waals surface area (Å²) in [6, 6.07) is 15.7. The second-order valence-electron chi connectivity index (χ2n) is 7.55. The number of nitrogens with zero attached hydrogens (tertiary/aromatic N) is 4. The lowest BCUT2D eigenvalue weighted by Gasteiger charge is -2.11. The van der Waals surface area contributed by atoms with Gasteiger partial charge in [-0.05, 0) is 31.5 Å². The van der Waals surface area contributed by atoms with E-state index in [1.807, 2.05) is 81.4 Å². The Morgan fingerprint density at radius 3 is 2.47 bits per heavy atom. The average molecular weight is 399 g/mol. The van der Waals surface area contributed by atoms with Crippen LogP contribution in [0.1, 0.15) is 11.4 Å². The first-order chi connectivity index (χ1) is 14.5. The Balaban J connectivity index is 1.77. The molecule has 0 saturated heterocycles. The molecule has 3 aromatic heterocycles. The summed E-state index contributed by atoms with van der Waals surface area (Å²) >= 11 is 0. The van der Waals surface area contributed by atoms with Crippen LogP contribution in [0, 0.1) is 13.8 Å². The van der Waals surface area contributed by atoms with E-state index in [9.17, 15) is 4.79 Å². The van der Waals surface area contributed by atoms with Crippen molar-refractivity contribution in [2.45, 2.75) is 13.8 Å². The molecule has 0 saturated carbocycles. The Morgan fingerprint density at radius 1 is 0.967 bits per heavy atom. The number of anilines is 1. The van der Waals surface area contributed by atoms with Crippen LogP contribution in [0.5, 0.6) is 0 Å². The van der Waals surface area contributed by atoms with Crippen molar-refractivity contribution >= 4 is 22.4 Å². The van der Waals surface area contributed by atoms with E-state index in [0.29, 0.717) is 28.0 Å². The number of hydrogen-bond donors (Lipinski definition) is 1. The molecular weight excluding hydrogens is 378 g/mol. The second kappa shape index (κ2) is 6.59. The maximum absolute atomic E-state index is 13.4. The molecule has 0 fully saturated rings. The number of rotatable bonds is 3. The van der Waals surface area contributed by atoms with Crippen molar-refractivity contribution in [2.75, 3.05) is 19.0 Å². The minimum atomic E-state index is -0.235. The molecular formula is C23H21N5O2. The standard InChI is InChI=1S/C23H21N5O2/c1-13-19(22-25-20-16(27(3)4)11-8-12-17(20)30-22)23(29)28-21(24-13)18(14(2)26-28)15-9-6-5-7-10-15/h5-12,26H,1-4H3. The van der Waals surface area contributed by atoms with E-state index >= 15 is 0 Å². The molecule has 0 amide bonds. The Bertz CT molecular complexity index is 1460. The average Bonchev–Trinajstić information content (AvgIpc) is 3.29. The van der Waals surface area contributed by atoms with Crippen LogP contribution >= 0.6 is 0 Å². The molecule has 0 unspecified atom stereocenters. The molecule has 30 heavy (non-hydrogen) atoms. The van der Waals surface area contributed by atoms with Gasteiger partial charge >= 0.3 is 0 Å². The Hall–Kier alpha value is -3.87. The Kier molecular flexibility index (Phi) is 3.99. The Labute approximate surface area is 172 Å². The normalized spacial score (nSPS) is 11.5. The van der Waals surface area contributed by atoms with Crippen molar-refractivity contribution in [3.8, 4) is 22.6 Å². The molecule has 7 heteroatoms. The fourth-order valence-corrected chi connectivity index (χ4v) is 3.89. The molecule has 0 spiro atoms. The van der Waals surface area contributed by atoms with Gasteiger partial charge in [-0.25, -0.2) is 14.5 Å². The highest BCUT2D eigenvalue weighted by Crippen LogP contribution is 2.31. The van der Waals surface area contributed by atoms with Crippen molar-refractivity contribution in [3.05, 3.63) is 70.3 Å². The van der Waals surface area contributed by atoms with E-state index in [1.54, 1.807) is 0 Å². The van der Waals surface area contributed by atoms with Crippen LogP contribution in [0.15, 0.2) is 57.7 Å². The molecule has 150 valence electrons. The number of benzene rings is 2. The van der Waals surface area contributed by atoms with Crippen molar-refractivity contribution in [2.24, 2.45) is 0 Å². The third-order valence-electron chi connectivity index (χ3n) is 5.30. The highest BCUT2D eigenvalue weighted by molar-refractivity contribution is 5.89. The molecule has 0 atom stereocenters. The molecule has 0 bridgehead atoms. The van der Waals surface area contributed by atoms with Crippen LogP contribution in [0.2, 0.25) is 0 Å². The maximum Gasteiger partial charge on any atom is 0.285 e. The molecule has 2 aromatic carbocycles. The summed E-state index contributed by atoms with van der Waals surface area (Å²) in [6.45, 7) is 3.75. The monoisotopic (exact) mass is 399 g/mol. The third kappa shape index (κ3) is 2.62. The van der Waals surface area contributed by atoms with E-state index in [1.165, 1.54) is 4.52 Å². The summed E-state index contributed by atoms with van der Waals surface area (Å²) in [6.07, 6.45) is 0. The molecule has 1 N–H and O–H groups in total. The number of fused-ring (bicyclic) bond motifs is 2. The molecule has 7 nitrogen and oxygen atoms in total. The van der Waals surface area contributed by atoms with Crippen molar-refractivity contribution in [1.82, 2.24) is 19.6 Å². The first-order valence-corrected chi connectivity index (χ1v) is 9.70. The predicted molar refractivity (Wildman–Crippen MR) is 118 cm³/mol. The number of nitrogens with one attached hydrogen (secondary N) is 1. The molecule has 3 heterocycles. The smallest absolute Gasteiger partial charge is 0.285 e. The summed E-state index contributed by atoms with van der Waals surface area (Å²) in [5.74, 6) is 0.275. The third-order valence-corrected chi connectivity index (χ3v) is 5.30. The largest absolute Gasteiger partial charge is 0.436 e. The van der Waals surface area contributed by atoms with Crippen LogP contribution in [0.25, 0.3) is 39.3 Å². The fourth-order valence-electron chi connectivity index (χ4n) is 3.89. The lowest BCUT2D eigenvalue weighted by atomic mass is 10.1. The van der Waals surface area contributed by atoms with E-state index < -0.39 is 0 Å². The Morgan fingerprint density at radius 2 is 1.73 bits per heavy atom. The van der Waals surface area contributed by atoms with E-state index in [2.05, 4.69) is 10.1 Å². The molecule has 0 radical (unpaired) electrons. The van der Waals surface area contributed by atoms with E-state index in [-0.39, 0.29) is 11.4 Å². The zero-order chi connectivity index (χ0) is 21.0. The van der Waals surface area contributed by atoms with Crippen LogP contribution in [0.3, 0.4) is 0 Å². The summed E-state index contributed by atoms with van der Waals surface area (Å²) in [4.78, 5) is 24.8. The summed E-state index contributed by atoms with van der Waals surface area (Å²) in [7, 11) is 3.90. The maximum atomic E-state index is 13.4. The summed E-state index contributed by atoms with van der Waals surface area (Å²) < 4.78 is 7.45. The molecule has 0 aliphatic carbocycles. The number of aromatic nitrogens is 4. The van der Waals surface area contributed by atoms with Crippen molar-refractivity contribution in [1.29, 1.82) is 0 Å². The van der Waals surface area contributed by atoms with Crippen LogP contribution < -0.4 is 10.5 Å². The van der Waals surface area contributed by atoms with Gasteiger partial charge in [-0.15, -0.1) is 0 Å². The first kappa shape index (κ1) is 18.2. The molecule has 5 rings (SSSR count). The zero-order valence-corrected chi connectivity index (χ0v) is 17.2. The quantitative estimate of drug-likeness (QED) is 0.492. The molecule has 0 aliphatic rings. The minimum Gasteiger partial charge on any atom is -0.436 e. The van der Waals surface area contributed by atoms with Gasteiger partial charge in [0.25, 0.3) is 5.56 Å². The van der Waals surface area contributed by atoms with Gasteiger partial charge < -0.3 is 9.32 Å². The fraction of sp³-hybridized carbons (Fsp3) is 0.174. The van der Waals surface area contributed by atoms with Gasteiger partial charge in [-0.3, -0.25) is 9.89 Å². The number of aryl methyl sites for hydroxylation is 2. The first-order valence-electron chi connectivity index (χ1n) is 9.70. The van der Waals surface area contributed by atoms with Gasteiger partial charge in [-0.1, -0.05) is 36.4 Å². The SMILES string of the molecule is Cc1nc2c(-c3ccccc3)c(C)[nH]n2c(=O)c1-c1nc2c(N(C)C)cccc2o1. The second-order valence-corrected chi connectivity index (χ2v) is 7.55. The predicted octanol–water partition coefficient (Wildman–Crippen LogP) is 4.18. The van der Waals surface area contributed by atoms with Gasteiger partial charge in [0.1, 0.15) is 11.1 Å². The number of H-pyrrole nitrogens is 1. The number of para-hydroxylation sites is 1. The van der Waals surface area contributed by atoms with Gasteiger partial charge in [0, 0.05) is 25.4 Å². The molecule has 0 aliphatic heterocycles. The van der Waals surface area contributed by atoms with Crippen LogP contribution in [0.4, 0.5) is 5.69 Å². The minimum absolute atomic E-state index is 0.235. The van der Waals surface area contributed by atoms with Crippen molar-refractivity contribution < 1.29 is 4.42 Å². The topological polar surface area (TPSA) is 79.4 Å². The van der Waals surface area contributed by atoms with Crippen LogP contribution in [-0.4, -0.2) is 33.7 Å². The zero-order valence-electron chi connectivity index (χ0n) is 17.2.